The van der Waals surface area contributed by atoms with E-state index in [0.29, 0.717) is 12.3 Å². The van der Waals surface area contributed by atoms with Gasteiger partial charge in [0.1, 0.15) is 0 Å². The zero-order valence-electron chi connectivity index (χ0n) is 13.1. The molecule has 0 heterocycles. The monoisotopic (exact) mass is 289 g/mol. The summed E-state index contributed by atoms with van der Waals surface area (Å²) < 4.78 is 0. The number of amides is 1. The molecule has 2 rings (SSSR count). The van der Waals surface area contributed by atoms with Crippen LogP contribution in [0.1, 0.15) is 51.5 Å². The first-order valence-corrected chi connectivity index (χ1v) is 8.07. The molecule has 0 aliphatic heterocycles. The predicted molar refractivity (Wildman–Crippen MR) is 85.1 cm³/mol. The van der Waals surface area contributed by atoms with E-state index >= 15 is 0 Å². The van der Waals surface area contributed by atoms with Gasteiger partial charge in [-0.1, -0.05) is 57.0 Å². The van der Waals surface area contributed by atoms with Crippen LogP contribution < -0.4 is 5.32 Å². The molecule has 2 N–H and O–H groups in total. The number of rotatable bonds is 6. The largest absolute Gasteiger partial charge is 0.396 e. The maximum absolute atomic E-state index is 13.0. The highest BCUT2D eigenvalue weighted by Gasteiger charge is 2.43. The minimum Gasteiger partial charge on any atom is -0.396 e. The fourth-order valence-electron chi connectivity index (χ4n) is 3.40. The number of hydrogen-bond acceptors (Lipinski definition) is 2. The van der Waals surface area contributed by atoms with Gasteiger partial charge in [-0.3, -0.25) is 4.79 Å². The summed E-state index contributed by atoms with van der Waals surface area (Å²) in [6, 6.07) is 10.2. The lowest BCUT2D eigenvalue weighted by Gasteiger charge is -2.32. The molecule has 3 nitrogen and oxygen atoms in total. The van der Waals surface area contributed by atoms with Crippen molar-refractivity contribution in [2.24, 2.45) is 5.92 Å². The lowest BCUT2D eigenvalue weighted by Crippen LogP contribution is -2.48. The van der Waals surface area contributed by atoms with Crippen molar-refractivity contribution in [2.75, 3.05) is 6.61 Å². The van der Waals surface area contributed by atoms with Crippen molar-refractivity contribution < 1.29 is 9.90 Å². The van der Waals surface area contributed by atoms with E-state index in [9.17, 15) is 9.90 Å². The van der Waals surface area contributed by atoms with Gasteiger partial charge in [0.05, 0.1) is 5.41 Å². The quantitative estimate of drug-likeness (QED) is 0.845. The number of benzene rings is 1. The molecule has 0 spiro atoms. The van der Waals surface area contributed by atoms with Crippen LogP contribution in [-0.2, 0) is 10.2 Å². The highest BCUT2D eigenvalue weighted by atomic mass is 16.3. The summed E-state index contributed by atoms with van der Waals surface area (Å²) in [5, 5.41) is 12.4. The SMILES string of the molecule is CC(C)C(CCO)NC(=O)C1(c2ccccc2)CCCC1. The summed E-state index contributed by atoms with van der Waals surface area (Å²) in [7, 11) is 0. The van der Waals surface area contributed by atoms with Gasteiger partial charge in [0.2, 0.25) is 5.91 Å². The van der Waals surface area contributed by atoms with Gasteiger partial charge in [-0.25, -0.2) is 0 Å². The molecule has 0 radical (unpaired) electrons. The van der Waals surface area contributed by atoms with Gasteiger partial charge in [-0.2, -0.15) is 0 Å². The molecule has 0 bridgehead atoms. The Labute approximate surface area is 127 Å². The van der Waals surface area contributed by atoms with E-state index in [1.54, 1.807) is 0 Å². The topological polar surface area (TPSA) is 49.3 Å². The number of hydrogen-bond donors (Lipinski definition) is 2. The van der Waals surface area contributed by atoms with Crippen LogP contribution in [0, 0.1) is 5.92 Å². The lowest BCUT2D eigenvalue weighted by molar-refractivity contribution is -0.127. The van der Waals surface area contributed by atoms with Gasteiger partial charge in [-0.15, -0.1) is 0 Å². The maximum Gasteiger partial charge on any atom is 0.230 e. The van der Waals surface area contributed by atoms with Gasteiger partial charge in [0.15, 0.2) is 0 Å². The Balaban J connectivity index is 2.20. The summed E-state index contributed by atoms with van der Waals surface area (Å²) in [4.78, 5) is 13.0. The van der Waals surface area contributed by atoms with Crippen LogP contribution in [0.3, 0.4) is 0 Å². The molecule has 1 saturated carbocycles. The second kappa shape index (κ2) is 7.08. The zero-order valence-corrected chi connectivity index (χ0v) is 13.1. The number of aliphatic hydroxyl groups is 1. The molecule has 21 heavy (non-hydrogen) atoms. The van der Waals surface area contributed by atoms with Crippen molar-refractivity contribution in [1.29, 1.82) is 0 Å². The number of carbonyl (C=O) groups is 1. The van der Waals surface area contributed by atoms with E-state index < -0.39 is 0 Å². The Morgan fingerprint density at radius 3 is 2.38 bits per heavy atom. The van der Waals surface area contributed by atoms with Crippen molar-refractivity contribution >= 4 is 5.91 Å². The van der Waals surface area contributed by atoms with Crippen molar-refractivity contribution in [3.05, 3.63) is 35.9 Å². The first-order chi connectivity index (χ1) is 10.1. The first-order valence-electron chi connectivity index (χ1n) is 8.07. The third kappa shape index (κ3) is 3.46. The fraction of sp³-hybridized carbons (Fsp3) is 0.611. The summed E-state index contributed by atoms with van der Waals surface area (Å²) in [6.07, 6.45) is 4.68. The van der Waals surface area contributed by atoms with Gasteiger partial charge in [0, 0.05) is 12.6 Å². The standard InChI is InChI=1S/C18H27NO2/c1-14(2)16(10-13-20)19-17(21)18(11-6-7-12-18)15-8-4-3-5-9-15/h3-5,8-9,14,16,20H,6-7,10-13H2,1-2H3,(H,19,21). The summed E-state index contributed by atoms with van der Waals surface area (Å²) in [6.45, 7) is 4.29. The Hall–Kier alpha value is -1.35. The smallest absolute Gasteiger partial charge is 0.230 e. The molecule has 0 aromatic heterocycles. The summed E-state index contributed by atoms with van der Waals surface area (Å²) in [5.74, 6) is 0.466. The Bertz CT molecular complexity index is 450. The predicted octanol–water partition coefficient (Wildman–Crippen LogP) is 3.02. The Morgan fingerprint density at radius 1 is 1.24 bits per heavy atom. The normalized spacial score (nSPS) is 18.7. The first kappa shape index (κ1) is 16.0. The van der Waals surface area contributed by atoms with Crippen LogP contribution in [0.2, 0.25) is 0 Å². The summed E-state index contributed by atoms with van der Waals surface area (Å²) >= 11 is 0. The van der Waals surface area contributed by atoms with Crippen molar-refractivity contribution in [1.82, 2.24) is 5.32 Å². The third-order valence-electron chi connectivity index (χ3n) is 4.78. The van der Waals surface area contributed by atoms with Gasteiger partial charge < -0.3 is 10.4 Å². The van der Waals surface area contributed by atoms with Crippen molar-refractivity contribution in [3.63, 3.8) is 0 Å². The average Bonchev–Trinajstić information content (AvgIpc) is 2.98. The minimum absolute atomic E-state index is 0.0451. The highest BCUT2D eigenvalue weighted by Crippen LogP contribution is 2.41. The number of carbonyl (C=O) groups excluding carboxylic acids is 1. The molecule has 1 aromatic carbocycles. The van der Waals surface area contributed by atoms with Gasteiger partial charge >= 0.3 is 0 Å². The Kier molecular flexibility index (Phi) is 5.40. The zero-order chi connectivity index (χ0) is 15.3. The molecule has 0 saturated heterocycles. The lowest BCUT2D eigenvalue weighted by atomic mass is 9.77. The number of aliphatic hydroxyl groups excluding tert-OH is 1. The van der Waals surface area contributed by atoms with Crippen LogP contribution in [0.5, 0.6) is 0 Å². The van der Waals surface area contributed by atoms with Crippen LogP contribution >= 0.6 is 0 Å². The van der Waals surface area contributed by atoms with E-state index in [-0.39, 0.29) is 24.0 Å². The number of nitrogens with one attached hydrogen (secondary N) is 1. The van der Waals surface area contributed by atoms with Crippen molar-refractivity contribution in [3.8, 4) is 0 Å². The molecule has 1 aromatic rings. The third-order valence-corrected chi connectivity index (χ3v) is 4.78. The maximum atomic E-state index is 13.0. The molecule has 1 aliphatic carbocycles. The molecule has 1 unspecified atom stereocenters. The van der Waals surface area contributed by atoms with E-state index in [1.165, 1.54) is 0 Å². The molecule has 3 heteroatoms. The van der Waals surface area contributed by atoms with E-state index in [0.717, 1.165) is 31.2 Å². The molecule has 1 amide bonds. The van der Waals surface area contributed by atoms with Crippen LogP contribution in [0.15, 0.2) is 30.3 Å². The second-order valence-corrected chi connectivity index (χ2v) is 6.49. The van der Waals surface area contributed by atoms with Gasteiger partial charge in [-0.05, 0) is 30.7 Å². The van der Waals surface area contributed by atoms with Crippen molar-refractivity contribution in [2.45, 2.75) is 57.4 Å². The highest BCUT2D eigenvalue weighted by molar-refractivity contribution is 5.88. The molecule has 1 atom stereocenters. The Morgan fingerprint density at radius 2 is 1.86 bits per heavy atom. The van der Waals surface area contributed by atoms with E-state index in [2.05, 4.69) is 31.3 Å². The van der Waals surface area contributed by atoms with E-state index in [1.807, 2.05) is 18.2 Å². The van der Waals surface area contributed by atoms with Gasteiger partial charge in [0.25, 0.3) is 0 Å². The molecular formula is C18H27NO2. The molecule has 116 valence electrons. The van der Waals surface area contributed by atoms with Crippen LogP contribution in [0.25, 0.3) is 0 Å². The van der Waals surface area contributed by atoms with Crippen LogP contribution in [0.4, 0.5) is 0 Å². The molecule has 1 fully saturated rings. The molecular weight excluding hydrogens is 262 g/mol. The average molecular weight is 289 g/mol. The second-order valence-electron chi connectivity index (χ2n) is 6.49. The van der Waals surface area contributed by atoms with E-state index in [4.69, 9.17) is 0 Å². The molecule has 1 aliphatic rings. The fourth-order valence-corrected chi connectivity index (χ4v) is 3.40. The minimum atomic E-state index is -0.371. The summed E-state index contributed by atoms with van der Waals surface area (Å²) in [5.41, 5.74) is 0.760. The van der Waals surface area contributed by atoms with Crippen LogP contribution in [-0.4, -0.2) is 23.7 Å².